The molecule has 0 spiro atoms. The lowest BCUT2D eigenvalue weighted by atomic mass is 9.89. The summed E-state index contributed by atoms with van der Waals surface area (Å²) in [6.07, 6.45) is 3.50. The predicted octanol–water partition coefficient (Wildman–Crippen LogP) is 4.71. The van der Waals surface area contributed by atoms with Crippen molar-refractivity contribution in [1.82, 2.24) is 5.32 Å². The van der Waals surface area contributed by atoms with Crippen molar-refractivity contribution in [3.8, 4) is 0 Å². The summed E-state index contributed by atoms with van der Waals surface area (Å²) in [5.74, 6) is 0. The summed E-state index contributed by atoms with van der Waals surface area (Å²) in [4.78, 5) is 0. The molecule has 0 aliphatic rings. The number of hydrogen-bond acceptors (Lipinski definition) is 1. The molecule has 0 atom stereocenters. The Bertz CT molecular complexity index is 348. The van der Waals surface area contributed by atoms with Crippen LogP contribution in [0.3, 0.4) is 0 Å². The zero-order valence-corrected chi connectivity index (χ0v) is 12.2. The molecule has 0 bridgehead atoms. The lowest BCUT2D eigenvalue weighted by molar-refractivity contribution is 0.288. The van der Waals surface area contributed by atoms with Crippen LogP contribution in [0, 0.1) is 6.92 Å². The zero-order chi connectivity index (χ0) is 12.9. The Morgan fingerprint density at radius 3 is 2.18 bits per heavy atom. The summed E-state index contributed by atoms with van der Waals surface area (Å²) >= 11 is 6.14. The molecule has 0 saturated heterocycles. The quantitative estimate of drug-likeness (QED) is 0.775. The van der Waals surface area contributed by atoms with Crippen molar-refractivity contribution in [2.45, 2.75) is 59.0 Å². The van der Waals surface area contributed by atoms with Crippen LogP contribution in [0.4, 0.5) is 0 Å². The first-order valence-electron chi connectivity index (χ1n) is 6.57. The van der Waals surface area contributed by atoms with Gasteiger partial charge in [-0.25, -0.2) is 0 Å². The molecule has 0 aliphatic heterocycles. The van der Waals surface area contributed by atoms with E-state index in [4.69, 9.17) is 11.6 Å². The first-order valence-corrected chi connectivity index (χ1v) is 6.94. The Kier molecular flexibility index (Phi) is 5.48. The Hall–Kier alpha value is -0.530. The third-order valence-corrected chi connectivity index (χ3v) is 4.34. The highest BCUT2D eigenvalue weighted by Crippen LogP contribution is 2.21. The Labute approximate surface area is 111 Å². The van der Waals surface area contributed by atoms with Gasteiger partial charge in [0.05, 0.1) is 0 Å². The van der Waals surface area contributed by atoms with Gasteiger partial charge in [0.15, 0.2) is 0 Å². The van der Waals surface area contributed by atoms with Crippen molar-refractivity contribution in [3.05, 3.63) is 34.3 Å². The maximum atomic E-state index is 6.14. The molecule has 0 amide bonds. The van der Waals surface area contributed by atoms with Crippen LogP contribution in [0.25, 0.3) is 0 Å². The summed E-state index contributed by atoms with van der Waals surface area (Å²) in [5.41, 5.74) is 2.68. The van der Waals surface area contributed by atoms with Crippen molar-refractivity contribution >= 4 is 11.6 Å². The van der Waals surface area contributed by atoms with Crippen molar-refractivity contribution in [2.75, 3.05) is 0 Å². The van der Waals surface area contributed by atoms with E-state index in [9.17, 15) is 0 Å². The fourth-order valence-electron chi connectivity index (χ4n) is 2.16. The standard InChI is InChI=1S/C15H24ClN/c1-5-15(6-2,7-3)17-11-13-9-8-12(4)14(16)10-13/h8-10,17H,5-7,11H2,1-4H3. The van der Waals surface area contributed by atoms with E-state index in [1.807, 2.05) is 6.92 Å². The van der Waals surface area contributed by atoms with Gasteiger partial charge < -0.3 is 5.32 Å². The Morgan fingerprint density at radius 2 is 1.71 bits per heavy atom. The van der Waals surface area contributed by atoms with Crippen LogP contribution in [-0.2, 0) is 6.54 Å². The number of nitrogens with one attached hydrogen (secondary N) is 1. The normalized spacial score (nSPS) is 11.8. The number of hydrogen-bond donors (Lipinski definition) is 1. The third kappa shape index (κ3) is 3.72. The molecule has 0 saturated carbocycles. The topological polar surface area (TPSA) is 12.0 Å². The van der Waals surface area contributed by atoms with Gasteiger partial charge in [0.1, 0.15) is 0 Å². The predicted molar refractivity (Wildman–Crippen MR) is 76.6 cm³/mol. The van der Waals surface area contributed by atoms with Crippen molar-refractivity contribution < 1.29 is 0 Å². The molecule has 96 valence electrons. The van der Waals surface area contributed by atoms with Crippen LogP contribution in [0.15, 0.2) is 18.2 Å². The molecular weight excluding hydrogens is 230 g/mol. The summed E-state index contributed by atoms with van der Waals surface area (Å²) in [7, 11) is 0. The van der Waals surface area contributed by atoms with E-state index < -0.39 is 0 Å². The molecule has 17 heavy (non-hydrogen) atoms. The minimum atomic E-state index is 0.275. The maximum absolute atomic E-state index is 6.14. The van der Waals surface area contributed by atoms with Gasteiger partial charge in [0.25, 0.3) is 0 Å². The van der Waals surface area contributed by atoms with Crippen LogP contribution in [-0.4, -0.2) is 5.54 Å². The fourth-order valence-corrected chi connectivity index (χ4v) is 2.36. The van der Waals surface area contributed by atoms with Crippen molar-refractivity contribution in [2.24, 2.45) is 0 Å². The molecule has 1 aromatic carbocycles. The lowest BCUT2D eigenvalue weighted by Gasteiger charge is -2.32. The SMILES string of the molecule is CCC(CC)(CC)NCc1ccc(C)c(Cl)c1. The highest BCUT2D eigenvalue weighted by molar-refractivity contribution is 6.31. The van der Waals surface area contributed by atoms with E-state index in [1.165, 1.54) is 24.8 Å². The second kappa shape index (κ2) is 6.42. The van der Waals surface area contributed by atoms with Gasteiger partial charge in [-0.05, 0) is 43.4 Å². The number of benzene rings is 1. The molecule has 1 N–H and O–H groups in total. The molecule has 1 nitrogen and oxygen atoms in total. The third-order valence-electron chi connectivity index (χ3n) is 3.93. The van der Waals surface area contributed by atoms with Crippen LogP contribution < -0.4 is 5.32 Å². The van der Waals surface area contributed by atoms with Crippen LogP contribution in [0.2, 0.25) is 5.02 Å². The monoisotopic (exact) mass is 253 g/mol. The summed E-state index contributed by atoms with van der Waals surface area (Å²) in [6.45, 7) is 9.69. The largest absolute Gasteiger partial charge is 0.307 e. The molecule has 0 heterocycles. The van der Waals surface area contributed by atoms with Gasteiger partial charge in [0.2, 0.25) is 0 Å². The van der Waals surface area contributed by atoms with Gasteiger partial charge in [-0.1, -0.05) is 44.5 Å². The second-order valence-corrected chi connectivity index (χ2v) is 5.19. The molecule has 0 radical (unpaired) electrons. The zero-order valence-electron chi connectivity index (χ0n) is 11.4. The van der Waals surface area contributed by atoms with E-state index in [0.717, 1.165) is 17.1 Å². The Balaban J connectivity index is 2.68. The van der Waals surface area contributed by atoms with Crippen LogP contribution in [0.5, 0.6) is 0 Å². The van der Waals surface area contributed by atoms with Crippen LogP contribution in [0.1, 0.15) is 51.2 Å². The molecule has 0 fully saturated rings. The Morgan fingerprint density at radius 1 is 1.12 bits per heavy atom. The maximum Gasteiger partial charge on any atom is 0.0438 e. The molecule has 2 heteroatoms. The highest BCUT2D eigenvalue weighted by Gasteiger charge is 2.22. The molecule has 0 unspecified atom stereocenters. The van der Waals surface area contributed by atoms with E-state index in [-0.39, 0.29) is 5.54 Å². The van der Waals surface area contributed by atoms with Gasteiger partial charge >= 0.3 is 0 Å². The first kappa shape index (κ1) is 14.5. The first-order chi connectivity index (χ1) is 8.06. The lowest BCUT2D eigenvalue weighted by Crippen LogP contribution is -2.43. The average Bonchev–Trinajstić information content (AvgIpc) is 2.36. The van der Waals surface area contributed by atoms with Crippen molar-refractivity contribution in [3.63, 3.8) is 0 Å². The van der Waals surface area contributed by atoms with E-state index in [0.29, 0.717) is 0 Å². The fraction of sp³-hybridized carbons (Fsp3) is 0.600. The van der Waals surface area contributed by atoms with E-state index in [1.54, 1.807) is 0 Å². The van der Waals surface area contributed by atoms with E-state index >= 15 is 0 Å². The number of rotatable bonds is 6. The highest BCUT2D eigenvalue weighted by atomic mass is 35.5. The van der Waals surface area contributed by atoms with Gasteiger partial charge in [-0.2, -0.15) is 0 Å². The smallest absolute Gasteiger partial charge is 0.0438 e. The minimum absolute atomic E-state index is 0.275. The molecule has 0 aromatic heterocycles. The molecule has 1 rings (SSSR count). The molecule has 0 aliphatic carbocycles. The number of aryl methyl sites for hydroxylation is 1. The summed E-state index contributed by atoms with van der Waals surface area (Å²) < 4.78 is 0. The average molecular weight is 254 g/mol. The second-order valence-electron chi connectivity index (χ2n) is 4.78. The summed E-state index contributed by atoms with van der Waals surface area (Å²) in [5, 5.41) is 4.55. The van der Waals surface area contributed by atoms with Gasteiger partial charge in [-0.3, -0.25) is 0 Å². The minimum Gasteiger partial charge on any atom is -0.307 e. The molecular formula is C15H24ClN. The van der Waals surface area contributed by atoms with Crippen LogP contribution >= 0.6 is 11.6 Å². The van der Waals surface area contributed by atoms with Gasteiger partial charge in [-0.15, -0.1) is 0 Å². The number of halogens is 1. The van der Waals surface area contributed by atoms with Gasteiger partial charge in [0, 0.05) is 17.1 Å². The summed E-state index contributed by atoms with van der Waals surface area (Å²) in [6, 6.07) is 6.31. The molecule has 1 aromatic rings. The van der Waals surface area contributed by atoms with Crippen molar-refractivity contribution in [1.29, 1.82) is 0 Å². The van der Waals surface area contributed by atoms with E-state index in [2.05, 4.69) is 44.3 Å².